The van der Waals surface area contributed by atoms with Crippen LogP contribution in [-0.4, -0.2) is 34.7 Å². The Labute approximate surface area is 148 Å². The molecule has 0 aliphatic carbocycles. The van der Waals surface area contributed by atoms with Crippen molar-refractivity contribution in [1.29, 1.82) is 0 Å². The van der Waals surface area contributed by atoms with Crippen LogP contribution >= 0.6 is 0 Å². The Morgan fingerprint density at radius 3 is 2.73 bits per heavy atom. The van der Waals surface area contributed by atoms with E-state index in [0.717, 1.165) is 4.68 Å². The van der Waals surface area contributed by atoms with Gasteiger partial charge in [0.1, 0.15) is 5.52 Å². The Morgan fingerprint density at radius 1 is 1.15 bits per heavy atom. The van der Waals surface area contributed by atoms with Crippen molar-refractivity contribution in [2.75, 3.05) is 13.7 Å². The molecule has 0 aliphatic rings. The molecular weight excluding hydrogens is 338 g/mol. The number of carbonyl (C=O) groups is 1. The number of benzene rings is 2. The van der Waals surface area contributed by atoms with Crippen LogP contribution in [0.1, 0.15) is 17.3 Å². The van der Waals surface area contributed by atoms with Crippen LogP contribution in [0, 0.1) is 0 Å². The second kappa shape index (κ2) is 7.64. The summed E-state index contributed by atoms with van der Waals surface area (Å²) in [5.41, 5.74) is 0.376. The number of nitrogens with zero attached hydrogens (tertiary/aromatic N) is 3. The zero-order valence-electron chi connectivity index (χ0n) is 14.3. The lowest BCUT2D eigenvalue weighted by Gasteiger charge is -2.11. The monoisotopic (exact) mass is 355 g/mol. The van der Waals surface area contributed by atoms with Crippen LogP contribution in [0.4, 0.5) is 0 Å². The highest BCUT2D eigenvalue weighted by atomic mass is 16.5. The third-order valence-corrected chi connectivity index (χ3v) is 3.65. The molecular formula is C18H17N3O5. The number of hydrogen-bond acceptors (Lipinski definition) is 7. The molecule has 3 aromatic rings. The zero-order valence-corrected chi connectivity index (χ0v) is 14.3. The summed E-state index contributed by atoms with van der Waals surface area (Å²) in [4.78, 5) is 24.6. The first kappa shape index (κ1) is 17.4. The Balaban J connectivity index is 1.78. The summed E-state index contributed by atoms with van der Waals surface area (Å²) in [6.07, 6.45) is 0. The van der Waals surface area contributed by atoms with Crippen molar-refractivity contribution in [1.82, 2.24) is 15.0 Å². The van der Waals surface area contributed by atoms with Gasteiger partial charge in [0.2, 0.25) is 0 Å². The first-order valence-corrected chi connectivity index (χ1v) is 7.94. The van der Waals surface area contributed by atoms with E-state index in [2.05, 4.69) is 10.3 Å². The molecule has 0 amide bonds. The van der Waals surface area contributed by atoms with Crippen molar-refractivity contribution in [3.63, 3.8) is 0 Å². The van der Waals surface area contributed by atoms with Gasteiger partial charge in [-0.15, -0.1) is 5.10 Å². The van der Waals surface area contributed by atoms with E-state index < -0.39 is 5.97 Å². The van der Waals surface area contributed by atoms with Gasteiger partial charge >= 0.3 is 5.97 Å². The van der Waals surface area contributed by atoms with Crippen molar-refractivity contribution in [3.8, 4) is 11.5 Å². The maximum Gasteiger partial charge on any atom is 0.340 e. The van der Waals surface area contributed by atoms with Crippen LogP contribution in [0.2, 0.25) is 0 Å². The maximum absolute atomic E-state index is 12.3. The second-order valence-electron chi connectivity index (χ2n) is 5.27. The van der Waals surface area contributed by atoms with Crippen LogP contribution in [0.5, 0.6) is 11.5 Å². The topological polar surface area (TPSA) is 92.5 Å². The molecule has 0 fully saturated rings. The van der Waals surface area contributed by atoms with E-state index in [9.17, 15) is 9.59 Å². The third kappa shape index (κ3) is 3.49. The molecule has 0 spiro atoms. The van der Waals surface area contributed by atoms with Crippen molar-refractivity contribution in [3.05, 3.63) is 58.4 Å². The lowest BCUT2D eigenvalue weighted by Crippen LogP contribution is -2.26. The highest BCUT2D eigenvalue weighted by Gasteiger charge is 2.13. The lowest BCUT2D eigenvalue weighted by atomic mass is 10.2. The number of ether oxygens (including phenoxy) is 3. The van der Waals surface area contributed by atoms with E-state index in [1.807, 2.05) is 6.92 Å². The second-order valence-corrected chi connectivity index (χ2v) is 5.27. The Kier molecular flexibility index (Phi) is 5.12. The molecule has 26 heavy (non-hydrogen) atoms. The highest BCUT2D eigenvalue weighted by molar-refractivity contribution is 5.90. The summed E-state index contributed by atoms with van der Waals surface area (Å²) in [5, 5.41) is 8.12. The van der Waals surface area contributed by atoms with Crippen LogP contribution in [0.25, 0.3) is 10.9 Å². The van der Waals surface area contributed by atoms with Gasteiger partial charge < -0.3 is 14.2 Å². The van der Waals surface area contributed by atoms with E-state index in [4.69, 9.17) is 14.2 Å². The first-order chi connectivity index (χ1) is 12.6. The number of rotatable bonds is 6. The third-order valence-electron chi connectivity index (χ3n) is 3.65. The number of esters is 1. The quantitative estimate of drug-likeness (QED) is 0.625. The molecule has 3 rings (SSSR count). The van der Waals surface area contributed by atoms with Gasteiger partial charge in [-0.05, 0) is 37.3 Å². The number of hydrogen-bond donors (Lipinski definition) is 0. The molecule has 134 valence electrons. The molecule has 8 heteroatoms. The van der Waals surface area contributed by atoms with Gasteiger partial charge in [-0.25, -0.2) is 4.79 Å². The number of aromatic nitrogens is 3. The van der Waals surface area contributed by atoms with Crippen molar-refractivity contribution in [2.24, 2.45) is 0 Å². The molecule has 1 aromatic heterocycles. The minimum atomic E-state index is -0.615. The standard InChI is InChI=1S/C18H17N3O5/c1-3-25-16-10-12(8-9-15(16)24-2)18(23)26-11-21-17(22)13-6-4-5-7-14(13)19-20-21/h4-10H,3,11H2,1-2H3. The fourth-order valence-corrected chi connectivity index (χ4v) is 2.38. The normalized spacial score (nSPS) is 10.5. The van der Waals surface area contributed by atoms with Crippen LogP contribution < -0.4 is 15.0 Å². The van der Waals surface area contributed by atoms with Gasteiger partial charge in [0.25, 0.3) is 5.56 Å². The summed E-state index contributed by atoms with van der Waals surface area (Å²) >= 11 is 0. The van der Waals surface area contributed by atoms with Crippen molar-refractivity contribution < 1.29 is 19.0 Å². The highest BCUT2D eigenvalue weighted by Crippen LogP contribution is 2.28. The average Bonchev–Trinajstić information content (AvgIpc) is 2.67. The van der Waals surface area contributed by atoms with Crippen LogP contribution in [-0.2, 0) is 11.5 Å². The van der Waals surface area contributed by atoms with E-state index in [1.165, 1.54) is 13.2 Å². The molecule has 2 aromatic carbocycles. The van der Waals surface area contributed by atoms with E-state index in [0.29, 0.717) is 29.0 Å². The molecule has 0 aliphatic heterocycles. The SMILES string of the molecule is CCOc1cc(C(=O)OCn2nnc3ccccc3c2=O)ccc1OC. The molecule has 0 saturated heterocycles. The molecule has 0 radical (unpaired) electrons. The summed E-state index contributed by atoms with van der Waals surface area (Å²) in [6, 6.07) is 11.5. The Morgan fingerprint density at radius 2 is 1.96 bits per heavy atom. The molecule has 1 heterocycles. The molecule has 0 atom stereocenters. The summed E-state index contributed by atoms with van der Waals surface area (Å²) in [7, 11) is 1.51. The first-order valence-electron chi connectivity index (χ1n) is 7.94. The Hall–Kier alpha value is -3.42. The fourth-order valence-electron chi connectivity index (χ4n) is 2.38. The van der Waals surface area contributed by atoms with Gasteiger partial charge in [-0.3, -0.25) is 4.79 Å². The molecule has 8 nitrogen and oxygen atoms in total. The Bertz CT molecular complexity index is 1000. The minimum Gasteiger partial charge on any atom is -0.493 e. The predicted octanol–water partition coefficient (Wildman–Crippen LogP) is 2.01. The number of methoxy groups -OCH3 is 1. The minimum absolute atomic E-state index is 0.274. The largest absolute Gasteiger partial charge is 0.493 e. The molecule has 0 saturated carbocycles. The smallest absolute Gasteiger partial charge is 0.340 e. The maximum atomic E-state index is 12.3. The summed E-state index contributed by atoms with van der Waals surface area (Å²) < 4.78 is 16.8. The van der Waals surface area contributed by atoms with Gasteiger partial charge in [0.15, 0.2) is 18.2 Å². The predicted molar refractivity (Wildman–Crippen MR) is 93.4 cm³/mol. The fraction of sp³-hybridized carbons (Fsp3) is 0.222. The van der Waals surface area contributed by atoms with E-state index >= 15 is 0 Å². The summed E-state index contributed by atoms with van der Waals surface area (Å²) in [6.45, 7) is 1.91. The van der Waals surface area contributed by atoms with Crippen LogP contribution in [0.15, 0.2) is 47.3 Å². The van der Waals surface area contributed by atoms with Crippen molar-refractivity contribution >= 4 is 16.9 Å². The van der Waals surface area contributed by atoms with Gasteiger partial charge in [-0.1, -0.05) is 17.3 Å². The lowest BCUT2D eigenvalue weighted by molar-refractivity contribution is 0.0335. The molecule has 0 unspecified atom stereocenters. The van der Waals surface area contributed by atoms with Crippen LogP contribution in [0.3, 0.4) is 0 Å². The van der Waals surface area contributed by atoms with Gasteiger partial charge in [0.05, 0.1) is 24.7 Å². The van der Waals surface area contributed by atoms with Crippen molar-refractivity contribution in [2.45, 2.75) is 13.7 Å². The summed E-state index contributed by atoms with van der Waals surface area (Å²) in [5.74, 6) is 0.336. The van der Waals surface area contributed by atoms with E-state index in [-0.39, 0.29) is 17.9 Å². The van der Waals surface area contributed by atoms with Gasteiger partial charge in [0, 0.05) is 0 Å². The number of fused-ring (bicyclic) bond motifs is 1. The van der Waals surface area contributed by atoms with E-state index in [1.54, 1.807) is 36.4 Å². The zero-order chi connectivity index (χ0) is 18.5. The average molecular weight is 355 g/mol. The molecule has 0 N–H and O–H groups in total. The molecule has 0 bridgehead atoms. The number of carbonyl (C=O) groups excluding carboxylic acids is 1. The van der Waals surface area contributed by atoms with Gasteiger partial charge in [-0.2, -0.15) is 4.68 Å².